The molecule has 0 unspecified atom stereocenters. The summed E-state index contributed by atoms with van der Waals surface area (Å²) in [7, 11) is 0. The number of nitrogens with two attached hydrogens (primary N) is 2. The number of nitrogen functional groups attached to an aromatic ring is 2. The van der Waals surface area contributed by atoms with E-state index in [0.29, 0.717) is 11.1 Å². The second kappa shape index (κ2) is 5.58. The maximum atomic E-state index is 12.5. The van der Waals surface area contributed by atoms with Crippen LogP contribution in [0.15, 0.2) is 35.4 Å². The van der Waals surface area contributed by atoms with Crippen molar-refractivity contribution in [3.8, 4) is 0 Å². The molecule has 0 atom stereocenters. The van der Waals surface area contributed by atoms with Crippen LogP contribution in [-0.4, -0.2) is 15.5 Å². The second-order valence-electron chi connectivity index (χ2n) is 3.97. The summed E-state index contributed by atoms with van der Waals surface area (Å²) < 4.78 is 37.5. The first-order chi connectivity index (χ1) is 9.35. The molecule has 2 aromatic rings. The van der Waals surface area contributed by atoms with Crippen molar-refractivity contribution in [3.05, 3.63) is 41.6 Å². The number of thioether (sulfide) groups is 1. The van der Waals surface area contributed by atoms with Gasteiger partial charge in [-0.25, -0.2) is 4.98 Å². The van der Waals surface area contributed by atoms with E-state index in [2.05, 4.69) is 9.97 Å². The third-order valence-corrected chi connectivity index (χ3v) is 3.35. The van der Waals surface area contributed by atoms with Crippen LogP contribution in [0.3, 0.4) is 0 Å². The van der Waals surface area contributed by atoms with Gasteiger partial charge in [0.25, 0.3) is 0 Å². The lowest BCUT2D eigenvalue weighted by atomic mass is 10.1. The first-order valence-electron chi connectivity index (χ1n) is 5.55. The SMILES string of the molecule is Nc1ncc(Cc2ccccc2SC(F)(F)F)c(N)n1. The van der Waals surface area contributed by atoms with E-state index < -0.39 is 5.51 Å². The van der Waals surface area contributed by atoms with Gasteiger partial charge >= 0.3 is 5.51 Å². The second-order valence-corrected chi connectivity index (χ2v) is 5.08. The molecule has 0 bridgehead atoms. The Hall–Kier alpha value is -1.96. The number of halogens is 3. The Kier molecular flexibility index (Phi) is 4.03. The fraction of sp³-hybridized carbons (Fsp3) is 0.167. The summed E-state index contributed by atoms with van der Waals surface area (Å²) in [6, 6.07) is 6.26. The topological polar surface area (TPSA) is 77.8 Å². The molecule has 0 aliphatic rings. The molecule has 4 nitrogen and oxygen atoms in total. The minimum absolute atomic E-state index is 0.0317. The summed E-state index contributed by atoms with van der Waals surface area (Å²) in [4.78, 5) is 7.72. The van der Waals surface area contributed by atoms with Gasteiger partial charge in [0.1, 0.15) is 5.82 Å². The molecule has 20 heavy (non-hydrogen) atoms. The van der Waals surface area contributed by atoms with Gasteiger partial charge in [-0.1, -0.05) is 18.2 Å². The van der Waals surface area contributed by atoms with Crippen LogP contribution in [0.4, 0.5) is 24.9 Å². The summed E-state index contributed by atoms with van der Waals surface area (Å²) in [5.41, 5.74) is 7.78. The van der Waals surface area contributed by atoms with Gasteiger partial charge in [-0.15, -0.1) is 0 Å². The van der Waals surface area contributed by atoms with Crippen LogP contribution >= 0.6 is 11.8 Å². The molecule has 0 aliphatic heterocycles. The van der Waals surface area contributed by atoms with Gasteiger partial charge < -0.3 is 11.5 Å². The van der Waals surface area contributed by atoms with Crippen LogP contribution in [0.2, 0.25) is 0 Å². The third-order valence-electron chi connectivity index (χ3n) is 2.50. The first-order valence-corrected chi connectivity index (χ1v) is 6.37. The van der Waals surface area contributed by atoms with Gasteiger partial charge in [-0.3, -0.25) is 0 Å². The van der Waals surface area contributed by atoms with E-state index in [1.807, 2.05) is 0 Å². The highest BCUT2D eigenvalue weighted by Gasteiger charge is 2.30. The summed E-state index contributed by atoms with van der Waals surface area (Å²) in [6.07, 6.45) is 1.64. The molecule has 0 amide bonds. The lowest BCUT2D eigenvalue weighted by Crippen LogP contribution is -2.05. The van der Waals surface area contributed by atoms with Crippen LogP contribution in [0.5, 0.6) is 0 Å². The highest BCUT2D eigenvalue weighted by molar-refractivity contribution is 8.00. The molecule has 1 aromatic carbocycles. The largest absolute Gasteiger partial charge is 0.446 e. The Labute approximate surface area is 117 Å². The van der Waals surface area contributed by atoms with Crippen molar-refractivity contribution < 1.29 is 13.2 Å². The van der Waals surface area contributed by atoms with Gasteiger partial charge in [-0.2, -0.15) is 18.2 Å². The highest BCUT2D eigenvalue weighted by Crippen LogP contribution is 2.39. The molecule has 1 heterocycles. The van der Waals surface area contributed by atoms with Crippen LogP contribution in [0, 0.1) is 0 Å². The van der Waals surface area contributed by atoms with E-state index in [1.165, 1.54) is 12.3 Å². The maximum Gasteiger partial charge on any atom is 0.446 e. The van der Waals surface area contributed by atoms with Gasteiger partial charge in [0.2, 0.25) is 5.95 Å². The molecule has 4 N–H and O–H groups in total. The van der Waals surface area contributed by atoms with E-state index in [1.54, 1.807) is 18.2 Å². The molecule has 0 aliphatic carbocycles. The molecule has 0 fully saturated rings. The highest BCUT2D eigenvalue weighted by atomic mass is 32.2. The van der Waals surface area contributed by atoms with E-state index in [0.717, 1.165) is 0 Å². The normalized spacial score (nSPS) is 11.6. The summed E-state index contributed by atoms with van der Waals surface area (Å²) in [5, 5.41) is 0. The van der Waals surface area contributed by atoms with Crippen molar-refractivity contribution in [1.29, 1.82) is 0 Å². The van der Waals surface area contributed by atoms with E-state index in [9.17, 15) is 13.2 Å². The number of nitrogens with zero attached hydrogens (tertiary/aromatic N) is 2. The Balaban J connectivity index is 2.29. The minimum Gasteiger partial charge on any atom is -0.383 e. The zero-order valence-electron chi connectivity index (χ0n) is 10.2. The fourth-order valence-corrected chi connectivity index (χ4v) is 2.32. The zero-order chi connectivity index (χ0) is 14.8. The first kappa shape index (κ1) is 14.4. The molecule has 0 spiro atoms. The minimum atomic E-state index is -4.33. The fourth-order valence-electron chi connectivity index (χ4n) is 1.65. The number of benzene rings is 1. The Morgan fingerprint density at radius 2 is 1.80 bits per heavy atom. The van der Waals surface area contributed by atoms with Gasteiger partial charge in [0.05, 0.1) is 0 Å². The Morgan fingerprint density at radius 3 is 2.45 bits per heavy atom. The van der Waals surface area contributed by atoms with E-state index in [-0.39, 0.29) is 34.8 Å². The average molecular weight is 300 g/mol. The number of aromatic nitrogens is 2. The van der Waals surface area contributed by atoms with Crippen LogP contribution in [0.1, 0.15) is 11.1 Å². The molecule has 106 valence electrons. The number of alkyl halides is 3. The predicted molar refractivity (Wildman–Crippen MR) is 72.0 cm³/mol. The van der Waals surface area contributed by atoms with Gasteiger partial charge in [0.15, 0.2) is 0 Å². The maximum absolute atomic E-state index is 12.5. The average Bonchev–Trinajstić information content (AvgIpc) is 2.33. The number of anilines is 2. The molecule has 8 heteroatoms. The lowest BCUT2D eigenvalue weighted by Gasteiger charge is -2.11. The van der Waals surface area contributed by atoms with Crippen LogP contribution < -0.4 is 11.5 Å². The van der Waals surface area contributed by atoms with Crippen LogP contribution in [-0.2, 0) is 6.42 Å². The summed E-state index contributed by atoms with van der Waals surface area (Å²) in [5.74, 6) is 0.202. The predicted octanol–water partition coefficient (Wildman–Crippen LogP) is 2.84. The van der Waals surface area contributed by atoms with Crippen molar-refractivity contribution in [1.82, 2.24) is 9.97 Å². The summed E-state index contributed by atoms with van der Waals surface area (Å²) >= 11 is -0.151. The van der Waals surface area contributed by atoms with Crippen molar-refractivity contribution in [2.45, 2.75) is 16.8 Å². The third kappa shape index (κ3) is 3.77. The van der Waals surface area contributed by atoms with Crippen molar-refractivity contribution in [2.75, 3.05) is 11.5 Å². The number of hydrogen-bond acceptors (Lipinski definition) is 5. The number of hydrogen-bond donors (Lipinski definition) is 2. The molecular formula is C12H11F3N4S. The molecule has 0 saturated heterocycles. The van der Waals surface area contributed by atoms with Crippen LogP contribution in [0.25, 0.3) is 0 Å². The van der Waals surface area contributed by atoms with Crippen molar-refractivity contribution in [2.24, 2.45) is 0 Å². The van der Waals surface area contributed by atoms with E-state index in [4.69, 9.17) is 11.5 Å². The van der Waals surface area contributed by atoms with Crippen molar-refractivity contribution >= 4 is 23.5 Å². The van der Waals surface area contributed by atoms with Gasteiger partial charge in [0, 0.05) is 23.1 Å². The molecule has 2 rings (SSSR count). The number of rotatable bonds is 3. The quantitative estimate of drug-likeness (QED) is 0.852. The van der Waals surface area contributed by atoms with Crippen molar-refractivity contribution in [3.63, 3.8) is 0 Å². The molecule has 0 radical (unpaired) electrons. The Bertz CT molecular complexity index is 616. The van der Waals surface area contributed by atoms with E-state index >= 15 is 0 Å². The Morgan fingerprint density at radius 1 is 1.10 bits per heavy atom. The zero-order valence-corrected chi connectivity index (χ0v) is 11.0. The standard InChI is InChI=1S/C12H11F3N4S/c13-12(14,15)20-9-4-2-1-3-7(9)5-8-6-18-11(17)19-10(8)16/h1-4,6H,5H2,(H4,16,17,18,19). The summed E-state index contributed by atoms with van der Waals surface area (Å²) in [6.45, 7) is 0. The molecule has 0 saturated carbocycles. The van der Waals surface area contributed by atoms with Gasteiger partial charge in [-0.05, 0) is 23.4 Å². The molecule has 1 aromatic heterocycles. The smallest absolute Gasteiger partial charge is 0.383 e. The lowest BCUT2D eigenvalue weighted by molar-refractivity contribution is -0.0328. The molecular weight excluding hydrogens is 289 g/mol. The monoisotopic (exact) mass is 300 g/mol.